The molecule has 1 heterocycles. The summed E-state index contributed by atoms with van der Waals surface area (Å²) in [6.07, 6.45) is 1.04. The molecule has 0 amide bonds. The van der Waals surface area contributed by atoms with Crippen LogP contribution in [0.2, 0.25) is 0 Å². The van der Waals surface area contributed by atoms with Gasteiger partial charge in [0.15, 0.2) is 0 Å². The van der Waals surface area contributed by atoms with E-state index in [1.807, 2.05) is 7.05 Å². The second kappa shape index (κ2) is 5.19. The van der Waals surface area contributed by atoms with Crippen molar-refractivity contribution < 1.29 is 0 Å². The highest BCUT2D eigenvalue weighted by Gasteiger charge is 2.16. The molecule has 1 aromatic heterocycles. The van der Waals surface area contributed by atoms with Crippen molar-refractivity contribution in [2.75, 3.05) is 7.05 Å². The highest BCUT2D eigenvalue weighted by molar-refractivity contribution is 9.10. The fourth-order valence-corrected chi connectivity index (χ4v) is 2.58. The minimum atomic E-state index is 0.320. The molecule has 0 bridgehead atoms. The van der Waals surface area contributed by atoms with Gasteiger partial charge in [0.2, 0.25) is 0 Å². The molecule has 0 saturated carbocycles. The summed E-state index contributed by atoms with van der Waals surface area (Å²) in [5.41, 5.74) is 2.27. The Hall–Kier alpha value is -0.870. The minimum absolute atomic E-state index is 0.320. The summed E-state index contributed by atoms with van der Waals surface area (Å²) >= 11 is 3.49. The SMILES string of the molecule is CCC(NC)c1nc2cc(Br)ccc2n1CC. The van der Waals surface area contributed by atoms with E-state index in [9.17, 15) is 0 Å². The van der Waals surface area contributed by atoms with Crippen LogP contribution in [0, 0.1) is 0 Å². The Morgan fingerprint density at radius 3 is 2.76 bits per heavy atom. The summed E-state index contributed by atoms with van der Waals surface area (Å²) < 4.78 is 3.36. The van der Waals surface area contributed by atoms with Crippen molar-refractivity contribution in [3.05, 3.63) is 28.5 Å². The fourth-order valence-electron chi connectivity index (χ4n) is 2.24. The minimum Gasteiger partial charge on any atom is -0.327 e. The van der Waals surface area contributed by atoms with E-state index in [4.69, 9.17) is 4.98 Å². The molecule has 0 fully saturated rings. The van der Waals surface area contributed by atoms with Gasteiger partial charge in [-0.1, -0.05) is 22.9 Å². The van der Waals surface area contributed by atoms with E-state index in [2.05, 4.69) is 57.9 Å². The van der Waals surface area contributed by atoms with Crippen LogP contribution in [-0.4, -0.2) is 16.6 Å². The summed E-state index contributed by atoms with van der Waals surface area (Å²) in [4.78, 5) is 4.76. The molecule has 2 rings (SSSR count). The van der Waals surface area contributed by atoms with Crippen molar-refractivity contribution in [2.24, 2.45) is 0 Å². The molecule has 0 radical (unpaired) electrons. The van der Waals surface area contributed by atoms with Gasteiger partial charge in [0, 0.05) is 11.0 Å². The lowest BCUT2D eigenvalue weighted by atomic mass is 10.2. The first-order valence-electron chi connectivity index (χ1n) is 6.04. The summed E-state index contributed by atoms with van der Waals surface area (Å²) in [5, 5.41) is 3.32. The molecular weight excluding hydrogens is 278 g/mol. The van der Waals surface area contributed by atoms with E-state index in [1.165, 1.54) is 5.52 Å². The first kappa shape index (κ1) is 12.6. The van der Waals surface area contributed by atoms with Crippen molar-refractivity contribution in [1.82, 2.24) is 14.9 Å². The maximum atomic E-state index is 4.76. The summed E-state index contributed by atoms with van der Waals surface area (Å²) in [7, 11) is 1.99. The van der Waals surface area contributed by atoms with E-state index < -0.39 is 0 Å². The normalized spacial score (nSPS) is 13.2. The number of hydrogen-bond acceptors (Lipinski definition) is 2. The van der Waals surface area contributed by atoms with Crippen LogP contribution < -0.4 is 5.32 Å². The van der Waals surface area contributed by atoms with Gasteiger partial charge in [-0.05, 0) is 38.6 Å². The average Bonchev–Trinajstić information content (AvgIpc) is 2.68. The monoisotopic (exact) mass is 295 g/mol. The molecule has 3 nitrogen and oxygen atoms in total. The van der Waals surface area contributed by atoms with Gasteiger partial charge in [-0.2, -0.15) is 0 Å². The summed E-state index contributed by atoms with van der Waals surface area (Å²) in [6, 6.07) is 6.59. The van der Waals surface area contributed by atoms with Crippen LogP contribution in [0.15, 0.2) is 22.7 Å². The molecule has 1 aromatic carbocycles. The van der Waals surface area contributed by atoms with E-state index in [-0.39, 0.29) is 0 Å². The topological polar surface area (TPSA) is 29.9 Å². The molecule has 0 spiro atoms. The van der Waals surface area contributed by atoms with Crippen molar-refractivity contribution in [3.63, 3.8) is 0 Å². The van der Waals surface area contributed by atoms with E-state index in [0.29, 0.717) is 6.04 Å². The predicted octanol–water partition coefficient (Wildman–Crippen LogP) is 3.49. The van der Waals surface area contributed by atoms with Crippen LogP contribution in [0.25, 0.3) is 11.0 Å². The number of nitrogens with zero attached hydrogens (tertiary/aromatic N) is 2. The van der Waals surface area contributed by atoms with Crippen molar-refractivity contribution >= 4 is 27.0 Å². The third-order valence-corrected chi connectivity index (χ3v) is 3.62. The number of aryl methyl sites for hydroxylation is 1. The Bertz CT molecular complexity index is 515. The zero-order valence-corrected chi connectivity index (χ0v) is 12.1. The molecule has 1 atom stereocenters. The maximum Gasteiger partial charge on any atom is 0.127 e. The highest BCUT2D eigenvalue weighted by Crippen LogP contribution is 2.25. The zero-order chi connectivity index (χ0) is 12.4. The number of benzene rings is 1. The Balaban J connectivity index is 2.62. The van der Waals surface area contributed by atoms with Crippen molar-refractivity contribution in [3.8, 4) is 0 Å². The van der Waals surface area contributed by atoms with Crippen LogP contribution in [0.4, 0.5) is 0 Å². The maximum absolute atomic E-state index is 4.76. The van der Waals surface area contributed by atoms with Crippen molar-refractivity contribution in [1.29, 1.82) is 0 Å². The third-order valence-electron chi connectivity index (χ3n) is 3.12. The number of halogens is 1. The smallest absolute Gasteiger partial charge is 0.127 e. The number of hydrogen-bond donors (Lipinski definition) is 1. The lowest BCUT2D eigenvalue weighted by Crippen LogP contribution is -2.19. The van der Waals surface area contributed by atoms with E-state index in [1.54, 1.807) is 0 Å². The van der Waals surface area contributed by atoms with Gasteiger partial charge in [-0.15, -0.1) is 0 Å². The second-order valence-corrected chi connectivity index (χ2v) is 5.01. The quantitative estimate of drug-likeness (QED) is 0.936. The van der Waals surface area contributed by atoms with Crippen LogP contribution in [0.3, 0.4) is 0 Å². The molecule has 0 aliphatic rings. The molecule has 0 aliphatic heterocycles. The van der Waals surface area contributed by atoms with Crippen LogP contribution in [0.1, 0.15) is 32.1 Å². The Labute approximate surface area is 110 Å². The van der Waals surface area contributed by atoms with Gasteiger partial charge >= 0.3 is 0 Å². The Morgan fingerprint density at radius 1 is 1.41 bits per heavy atom. The Morgan fingerprint density at radius 2 is 2.18 bits per heavy atom. The first-order valence-corrected chi connectivity index (χ1v) is 6.83. The van der Waals surface area contributed by atoms with Crippen LogP contribution >= 0.6 is 15.9 Å². The van der Waals surface area contributed by atoms with E-state index >= 15 is 0 Å². The van der Waals surface area contributed by atoms with Gasteiger partial charge < -0.3 is 9.88 Å². The molecule has 4 heteroatoms. The van der Waals surface area contributed by atoms with Gasteiger partial charge in [0.1, 0.15) is 5.82 Å². The fraction of sp³-hybridized carbons (Fsp3) is 0.462. The number of nitrogens with one attached hydrogen (secondary N) is 1. The molecule has 2 aromatic rings. The molecule has 0 aliphatic carbocycles. The van der Waals surface area contributed by atoms with Gasteiger partial charge in [-0.3, -0.25) is 0 Å². The van der Waals surface area contributed by atoms with E-state index in [0.717, 1.165) is 28.8 Å². The average molecular weight is 296 g/mol. The lowest BCUT2D eigenvalue weighted by Gasteiger charge is -2.15. The van der Waals surface area contributed by atoms with Crippen LogP contribution in [0.5, 0.6) is 0 Å². The molecule has 92 valence electrons. The first-order chi connectivity index (χ1) is 8.21. The second-order valence-electron chi connectivity index (χ2n) is 4.10. The third kappa shape index (κ3) is 2.24. The molecule has 1 unspecified atom stereocenters. The standard InChI is InChI=1S/C13H18BrN3/c1-4-10(15-3)13-16-11-8-9(14)6-7-12(11)17(13)5-2/h6-8,10,15H,4-5H2,1-3H3. The number of aromatic nitrogens is 2. The number of rotatable bonds is 4. The van der Waals surface area contributed by atoms with Gasteiger partial charge in [0.05, 0.1) is 17.1 Å². The largest absolute Gasteiger partial charge is 0.327 e. The summed E-state index contributed by atoms with van der Waals surface area (Å²) in [6.45, 7) is 5.29. The Kier molecular flexibility index (Phi) is 3.84. The molecule has 17 heavy (non-hydrogen) atoms. The number of imidazole rings is 1. The van der Waals surface area contributed by atoms with Gasteiger partial charge in [0.25, 0.3) is 0 Å². The molecular formula is C13H18BrN3. The molecule has 1 N–H and O–H groups in total. The van der Waals surface area contributed by atoms with Gasteiger partial charge in [-0.25, -0.2) is 4.98 Å². The van der Waals surface area contributed by atoms with Crippen LogP contribution in [-0.2, 0) is 6.54 Å². The highest BCUT2D eigenvalue weighted by atomic mass is 79.9. The zero-order valence-electron chi connectivity index (χ0n) is 10.5. The predicted molar refractivity (Wildman–Crippen MR) is 75.2 cm³/mol. The van der Waals surface area contributed by atoms with Crippen molar-refractivity contribution in [2.45, 2.75) is 32.9 Å². The summed E-state index contributed by atoms with van der Waals surface area (Å²) in [5.74, 6) is 1.13. The number of fused-ring (bicyclic) bond motifs is 1. The lowest BCUT2D eigenvalue weighted by molar-refractivity contribution is 0.517. The molecule has 0 saturated heterocycles.